The maximum absolute atomic E-state index is 12.4. The molecule has 2 heterocycles. The van der Waals surface area contributed by atoms with Crippen LogP contribution in [0.1, 0.15) is 12.0 Å². The molecule has 17 heavy (non-hydrogen) atoms. The molecule has 0 saturated heterocycles. The molecule has 2 rings (SSSR count). The largest absolute Gasteiger partial charge is 0.314 e. The summed E-state index contributed by atoms with van der Waals surface area (Å²) in [6.45, 7) is 0. The third kappa shape index (κ3) is 2.07. The van der Waals surface area contributed by atoms with Crippen molar-refractivity contribution < 1.29 is 13.7 Å². The molecule has 0 radical (unpaired) electrons. The molecule has 0 fully saturated rings. The highest BCUT2D eigenvalue weighted by Crippen LogP contribution is 2.26. The summed E-state index contributed by atoms with van der Waals surface area (Å²) in [4.78, 5) is 13.6. The first-order valence-electron chi connectivity index (χ1n) is 4.39. The number of hydrogen-bond acceptors (Lipinski definition) is 5. The van der Waals surface area contributed by atoms with Crippen LogP contribution in [-0.2, 0) is 0 Å². The van der Waals surface area contributed by atoms with Gasteiger partial charge >= 0.3 is 5.69 Å². The van der Waals surface area contributed by atoms with Crippen molar-refractivity contribution in [3.05, 3.63) is 40.3 Å². The quantitative estimate of drug-likeness (QED) is 0.600. The molecule has 0 N–H and O–H groups in total. The molecule has 0 aromatic carbocycles. The topological polar surface area (TPSA) is 86.7 Å². The summed E-state index contributed by atoms with van der Waals surface area (Å²) < 4.78 is 25.8. The van der Waals surface area contributed by atoms with Gasteiger partial charge in [-0.2, -0.15) is 4.68 Å². The maximum Gasteiger partial charge on any atom is 0.314 e. The fraction of sp³-hybridized carbons (Fsp3) is 0.125. The smallest absolute Gasteiger partial charge is 0.258 e. The molecule has 2 aromatic rings. The monoisotopic (exact) mass is 241 g/mol. The lowest BCUT2D eigenvalue weighted by Crippen LogP contribution is -2.05. The summed E-state index contributed by atoms with van der Waals surface area (Å²) in [7, 11) is 0. The van der Waals surface area contributed by atoms with Gasteiger partial charge in [-0.15, -0.1) is 5.10 Å². The zero-order valence-electron chi connectivity index (χ0n) is 8.20. The average Bonchev–Trinajstić information content (AvgIpc) is 2.81. The number of aromatic nitrogens is 4. The molecule has 0 amide bonds. The van der Waals surface area contributed by atoms with Crippen LogP contribution >= 0.6 is 0 Å². The predicted octanol–water partition coefficient (Wildman–Crippen LogP) is 1.51. The third-order valence-corrected chi connectivity index (χ3v) is 1.96. The zero-order valence-corrected chi connectivity index (χ0v) is 8.20. The van der Waals surface area contributed by atoms with E-state index >= 15 is 0 Å². The molecule has 9 heteroatoms. The second-order valence-electron chi connectivity index (χ2n) is 3.02. The zero-order chi connectivity index (χ0) is 12.4. The van der Waals surface area contributed by atoms with Gasteiger partial charge in [-0.25, -0.2) is 13.8 Å². The molecule has 0 aliphatic heterocycles. The predicted molar refractivity (Wildman–Crippen MR) is 50.8 cm³/mol. The number of pyridine rings is 1. The fourth-order valence-corrected chi connectivity index (χ4v) is 1.21. The van der Waals surface area contributed by atoms with Crippen LogP contribution in [0.5, 0.6) is 0 Å². The van der Waals surface area contributed by atoms with Gasteiger partial charge < -0.3 is 0 Å². The lowest BCUT2D eigenvalue weighted by Gasteiger charge is -2.03. The second kappa shape index (κ2) is 4.20. The van der Waals surface area contributed by atoms with Gasteiger partial charge in [-0.3, -0.25) is 10.1 Å². The maximum atomic E-state index is 12.4. The van der Waals surface area contributed by atoms with E-state index in [0.29, 0.717) is 0 Å². The Morgan fingerprint density at radius 2 is 2.24 bits per heavy atom. The summed E-state index contributed by atoms with van der Waals surface area (Å²) >= 11 is 0. The van der Waals surface area contributed by atoms with Gasteiger partial charge in [-0.05, 0) is 0 Å². The number of rotatable bonds is 3. The highest BCUT2D eigenvalue weighted by atomic mass is 19.3. The normalized spacial score (nSPS) is 10.8. The molecule has 0 unspecified atom stereocenters. The van der Waals surface area contributed by atoms with Crippen LogP contribution in [0, 0.1) is 10.1 Å². The first-order chi connectivity index (χ1) is 8.09. The average molecular weight is 241 g/mol. The Bertz CT molecular complexity index is 543. The Balaban J connectivity index is 2.57. The Hall–Kier alpha value is -2.45. The van der Waals surface area contributed by atoms with Crippen LogP contribution in [0.15, 0.2) is 24.7 Å². The molecule has 0 aliphatic carbocycles. The third-order valence-electron chi connectivity index (χ3n) is 1.96. The van der Waals surface area contributed by atoms with Crippen molar-refractivity contribution in [3.8, 4) is 5.82 Å². The van der Waals surface area contributed by atoms with Crippen molar-refractivity contribution in [3.63, 3.8) is 0 Å². The van der Waals surface area contributed by atoms with E-state index in [1.54, 1.807) is 0 Å². The van der Waals surface area contributed by atoms with Crippen LogP contribution in [0.4, 0.5) is 14.5 Å². The molecular formula is C8H5F2N5O2. The molecule has 7 nitrogen and oxygen atoms in total. The molecule has 0 saturated carbocycles. The Morgan fingerprint density at radius 1 is 1.47 bits per heavy atom. The van der Waals surface area contributed by atoms with E-state index in [9.17, 15) is 18.9 Å². The van der Waals surface area contributed by atoms with E-state index in [-0.39, 0.29) is 5.82 Å². The van der Waals surface area contributed by atoms with E-state index in [0.717, 1.165) is 16.9 Å². The van der Waals surface area contributed by atoms with Crippen molar-refractivity contribution in [2.24, 2.45) is 0 Å². The van der Waals surface area contributed by atoms with E-state index in [4.69, 9.17) is 0 Å². The molecular weight excluding hydrogens is 236 g/mol. The fourth-order valence-electron chi connectivity index (χ4n) is 1.21. The van der Waals surface area contributed by atoms with Crippen molar-refractivity contribution in [1.82, 2.24) is 20.0 Å². The van der Waals surface area contributed by atoms with Crippen LogP contribution < -0.4 is 0 Å². The van der Waals surface area contributed by atoms with Gasteiger partial charge in [0.25, 0.3) is 6.43 Å². The van der Waals surface area contributed by atoms with Crippen molar-refractivity contribution >= 4 is 5.69 Å². The van der Waals surface area contributed by atoms with Crippen molar-refractivity contribution in [2.75, 3.05) is 0 Å². The Labute approximate surface area is 92.9 Å². The SMILES string of the molecule is O=[N+]([O-])c1cc(C(F)F)cnc1-n1ccnn1. The summed E-state index contributed by atoms with van der Waals surface area (Å²) in [5.41, 5.74) is -1.06. The molecule has 0 aliphatic rings. The summed E-state index contributed by atoms with van der Waals surface area (Å²) in [6.07, 6.45) is 0.685. The van der Waals surface area contributed by atoms with Gasteiger partial charge in [-0.1, -0.05) is 5.21 Å². The van der Waals surface area contributed by atoms with Crippen LogP contribution in [-0.4, -0.2) is 24.9 Å². The Morgan fingerprint density at radius 3 is 2.76 bits per heavy atom. The number of nitrogens with zero attached hydrogens (tertiary/aromatic N) is 5. The van der Waals surface area contributed by atoms with E-state index < -0.39 is 22.6 Å². The first kappa shape index (κ1) is 11.0. The minimum Gasteiger partial charge on any atom is -0.258 e. The number of alkyl halides is 2. The van der Waals surface area contributed by atoms with Gasteiger partial charge in [0.15, 0.2) is 0 Å². The molecule has 88 valence electrons. The minimum absolute atomic E-state index is 0.156. The van der Waals surface area contributed by atoms with Crippen LogP contribution in [0.3, 0.4) is 0 Å². The van der Waals surface area contributed by atoms with Crippen LogP contribution in [0.25, 0.3) is 5.82 Å². The van der Waals surface area contributed by atoms with Gasteiger partial charge in [0.1, 0.15) is 0 Å². The van der Waals surface area contributed by atoms with E-state index in [1.165, 1.54) is 12.4 Å². The minimum atomic E-state index is -2.81. The van der Waals surface area contributed by atoms with Gasteiger partial charge in [0, 0.05) is 17.8 Å². The highest BCUT2D eigenvalue weighted by molar-refractivity contribution is 5.47. The highest BCUT2D eigenvalue weighted by Gasteiger charge is 2.21. The number of halogens is 2. The Kier molecular flexibility index (Phi) is 2.73. The lowest BCUT2D eigenvalue weighted by atomic mass is 10.2. The van der Waals surface area contributed by atoms with E-state index in [1.807, 2.05) is 0 Å². The van der Waals surface area contributed by atoms with Crippen molar-refractivity contribution in [2.45, 2.75) is 6.43 Å². The summed E-state index contributed by atoms with van der Waals surface area (Å²) in [5, 5.41) is 17.7. The number of nitro groups is 1. The lowest BCUT2D eigenvalue weighted by molar-refractivity contribution is -0.385. The van der Waals surface area contributed by atoms with Gasteiger partial charge in [0.05, 0.1) is 17.3 Å². The standard InChI is InChI=1S/C8H5F2N5O2/c9-7(10)5-3-6(15(16)17)8(11-4-5)14-2-1-12-13-14/h1-4,7H. The molecule has 0 atom stereocenters. The first-order valence-corrected chi connectivity index (χ1v) is 4.39. The van der Waals surface area contributed by atoms with Crippen LogP contribution in [0.2, 0.25) is 0 Å². The number of hydrogen-bond donors (Lipinski definition) is 0. The summed E-state index contributed by atoms with van der Waals surface area (Å²) in [5.74, 6) is -0.156. The molecule has 0 bridgehead atoms. The van der Waals surface area contributed by atoms with Gasteiger partial charge in [0.2, 0.25) is 5.82 Å². The van der Waals surface area contributed by atoms with E-state index in [2.05, 4.69) is 15.3 Å². The molecule has 0 spiro atoms. The molecule has 2 aromatic heterocycles. The summed E-state index contributed by atoms with van der Waals surface area (Å²) in [6, 6.07) is 0.772. The second-order valence-corrected chi connectivity index (χ2v) is 3.02. The van der Waals surface area contributed by atoms with Crippen molar-refractivity contribution in [1.29, 1.82) is 0 Å².